The van der Waals surface area contributed by atoms with Gasteiger partial charge >= 0.3 is 0 Å². The van der Waals surface area contributed by atoms with Gasteiger partial charge in [0.25, 0.3) is 0 Å². The zero-order chi connectivity index (χ0) is 18.7. The summed E-state index contributed by atoms with van der Waals surface area (Å²) in [4.78, 5) is 4.67. The normalized spacial score (nSPS) is 12.8. The summed E-state index contributed by atoms with van der Waals surface area (Å²) >= 11 is 0. The quantitative estimate of drug-likeness (QED) is 0.221. The van der Waals surface area contributed by atoms with Crippen molar-refractivity contribution in [2.45, 2.75) is 67.0 Å². The molecule has 2 N–H and O–H groups in total. The predicted molar refractivity (Wildman–Crippen MR) is 121 cm³/mol. The molecule has 1 aromatic heterocycles. The minimum atomic E-state index is 0. The minimum Gasteiger partial charge on any atom is -0.378 e. The summed E-state index contributed by atoms with van der Waals surface area (Å²) in [6.45, 7) is 16.9. The minimum absolute atomic E-state index is 0. The van der Waals surface area contributed by atoms with Crippen molar-refractivity contribution in [1.29, 1.82) is 0 Å². The Balaban J connectivity index is 0.00000625. The molecule has 1 unspecified atom stereocenters. The molecular weight excluding hydrogens is 441 g/mol. The molecule has 0 aliphatic heterocycles. The Labute approximate surface area is 176 Å². The number of nitrogens with zero attached hydrogens (tertiary/aromatic N) is 3. The Morgan fingerprint density at radius 3 is 2.54 bits per heavy atom. The maximum atomic E-state index is 5.80. The van der Waals surface area contributed by atoms with Crippen molar-refractivity contribution in [3.63, 3.8) is 0 Å². The third-order valence-corrected chi connectivity index (χ3v) is 4.09. The topological polar surface area (TPSA) is 63.5 Å². The zero-order valence-corrected chi connectivity index (χ0v) is 19.7. The van der Waals surface area contributed by atoms with Gasteiger partial charge in [-0.1, -0.05) is 13.8 Å². The fourth-order valence-electron chi connectivity index (χ4n) is 2.81. The van der Waals surface area contributed by atoms with E-state index in [1.807, 2.05) is 6.92 Å². The van der Waals surface area contributed by atoms with Crippen molar-refractivity contribution >= 4 is 29.9 Å². The summed E-state index contributed by atoms with van der Waals surface area (Å²) in [5.74, 6) is 1.41. The lowest BCUT2D eigenvalue weighted by Gasteiger charge is -2.21. The van der Waals surface area contributed by atoms with Gasteiger partial charge in [-0.2, -0.15) is 5.10 Å². The molecule has 0 spiro atoms. The summed E-state index contributed by atoms with van der Waals surface area (Å²) in [6, 6.07) is 2.11. The molecule has 0 saturated heterocycles. The monoisotopic (exact) mass is 479 g/mol. The number of rotatable bonds is 11. The number of halogens is 1. The van der Waals surface area contributed by atoms with Crippen LogP contribution in [-0.2, 0) is 11.3 Å². The highest BCUT2D eigenvalue weighted by atomic mass is 127. The van der Waals surface area contributed by atoms with Crippen LogP contribution in [0.2, 0.25) is 0 Å². The first-order chi connectivity index (χ1) is 12.0. The standard InChI is InChI=1S/C19H37N5O.HI/c1-7-20-19(22-12-10-18(15(3)4)25-8-2)21-11-9-13-24-17(6)14-16(5)23-24;/h14-15,18H,7-13H2,1-6H3,(H2,20,21,22);1H. The molecule has 0 amide bonds. The van der Waals surface area contributed by atoms with E-state index in [1.165, 1.54) is 5.69 Å². The number of guanidine groups is 1. The number of nitrogens with one attached hydrogen (secondary N) is 2. The number of hydrogen-bond donors (Lipinski definition) is 2. The van der Waals surface area contributed by atoms with Gasteiger partial charge in [-0.25, -0.2) is 0 Å². The summed E-state index contributed by atoms with van der Waals surface area (Å²) in [5.41, 5.74) is 2.28. The highest BCUT2D eigenvalue weighted by Gasteiger charge is 2.12. The number of aryl methyl sites for hydroxylation is 3. The number of aromatic nitrogens is 2. The van der Waals surface area contributed by atoms with Gasteiger partial charge in [-0.15, -0.1) is 24.0 Å². The highest BCUT2D eigenvalue weighted by Crippen LogP contribution is 2.09. The third kappa shape index (κ3) is 9.75. The first-order valence-electron chi connectivity index (χ1n) is 9.62. The van der Waals surface area contributed by atoms with Gasteiger partial charge in [0.1, 0.15) is 0 Å². The Morgan fingerprint density at radius 2 is 2.00 bits per heavy atom. The SMILES string of the molecule is CCNC(=NCCCn1nc(C)cc1C)NCCC(OCC)C(C)C.I. The van der Waals surface area contributed by atoms with E-state index < -0.39 is 0 Å². The molecule has 0 radical (unpaired) electrons. The van der Waals surface area contributed by atoms with E-state index in [0.717, 1.165) is 57.3 Å². The lowest BCUT2D eigenvalue weighted by molar-refractivity contribution is 0.0258. The molecule has 152 valence electrons. The second-order valence-electron chi connectivity index (χ2n) is 6.72. The maximum absolute atomic E-state index is 5.80. The Hall–Kier alpha value is -0.830. The molecule has 1 aromatic rings. The van der Waals surface area contributed by atoms with Crippen molar-refractivity contribution in [3.8, 4) is 0 Å². The van der Waals surface area contributed by atoms with Gasteiger partial charge in [-0.3, -0.25) is 9.67 Å². The van der Waals surface area contributed by atoms with Crippen LogP contribution in [0.3, 0.4) is 0 Å². The Kier molecular flexibility index (Phi) is 13.8. The summed E-state index contributed by atoms with van der Waals surface area (Å²) < 4.78 is 7.85. The summed E-state index contributed by atoms with van der Waals surface area (Å²) in [6.07, 6.45) is 2.26. The first kappa shape index (κ1) is 25.2. The van der Waals surface area contributed by atoms with Crippen LogP contribution in [-0.4, -0.2) is 48.1 Å². The van der Waals surface area contributed by atoms with E-state index in [1.54, 1.807) is 0 Å². The lowest BCUT2D eigenvalue weighted by Crippen LogP contribution is -2.39. The Bertz CT molecular complexity index is 516. The number of hydrogen-bond acceptors (Lipinski definition) is 3. The molecule has 1 heterocycles. The molecule has 1 atom stereocenters. The average molecular weight is 479 g/mol. The fourth-order valence-corrected chi connectivity index (χ4v) is 2.81. The number of aliphatic imine (C=N–C) groups is 1. The van der Waals surface area contributed by atoms with Gasteiger partial charge < -0.3 is 15.4 Å². The van der Waals surface area contributed by atoms with Crippen LogP contribution in [0.25, 0.3) is 0 Å². The van der Waals surface area contributed by atoms with Crippen LogP contribution in [0.4, 0.5) is 0 Å². The lowest BCUT2D eigenvalue weighted by atomic mass is 10.0. The van der Waals surface area contributed by atoms with E-state index in [4.69, 9.17) is 4.74 Å². The van der Waals surface area contributed by atoms with Gasteiger partial charge in [0.15, 0.2) is 5.96 Å². The molecule has 0 aromatic carbocycles. The van der Waals surface area contributed by atoms with Crippen molar-refractivity contribution < 1.29 is 4.74 Å². The summed E-state index contributed by atoms with van der Waals surface area (Å²) in [7, 11) is 0. The van der Waals surface area contributed by atoms with Crippen LogP contribution in [0.5, 0.6) is 0 Å². The molecule has 6 nitrogen and oxygen atoms in total. The van der Waals surface area contributed by atoms with E-state index >= 15 is 0 Å². The summed E-state index contributed by atoms with van der Waals surface area (Å²) in [5, 5.41) is 11.2. The molecule has 26 heavy (non-hydrogen) atoms. The molecule has 0 saturated carbocycles. The maximum Gasteiger partial charge on any atom is 0.191 e. The molecule has 0 fully saturated rings. The molecule has 1 rings (SSSR count). The third-order valence-electron chi connectivity index (χ3n) is 4.09. The molecular formula is C19H38IN5O. The molecule has 0 aliphatic carbocycles. The van der Waals surface area contributed by atoms with E-state index in [9.17, 15) is 0 Å². The van der Waals surface area contributed by atoms with Crippen molar-refractivity contribution in [1.82, 2.24) is 20.4 Å². The van der Waals surface area contributed by atoms with Crippen LogP contribution in [0.15, 0.2) is 11.1 Å². The zero-order valence-electron chi connectivity index (χ0n) is 17.3. The highest BCUT2D eigenvalue weighted by molar-refractivity contribution is 14.0. The van der Waals surface area contributed by atoms with Crippen LogP contribution in [0, 0.1) is 19.8 Å². The van der Waals surface area contributed by atoms with Crippen molar-refractivity contribution in [2.24, 2.45) is 10.9 Å². The number of ether oxygens (including phenoxy) is 1. The smallest absolute Gasteiger partial charge is 0.191 e. The van der Waals surface area contributed by atoms with Crippen molar-refractivity contribution in [2.75, 3.05) is 26.2 Å². The van der Waals surface area contributed by atoms with Gasteiger partial charge in [0.2, 0.25) is 0 Å². The molecule has 7 heteroatoms. The van der Waals surface area contributed by atoms with E-state index in [0.29, 0.717) is 12.0 Å². The van der Waals surface area contributed by atoms with E-state index in [-0.39, 0.29) is 24.0 Å². The van der Waals surface area contributed by atoms with Crippen molar-refractivity contribution in [3.05, 3.63) is 17.5 Å². The van der Waals surface area contributed by atoms with E-state index in [2.05, 4.69) is 66.1 Å². The van der Waals surface area contributed by atoms with Crippen LogP contribution in [0.1, 0.15) is 51.9 Å². The fraction of sp³-hybridized carbons (Fsp3) is 0.789. The predicted octanol–water partition coefficient (Wildman–Crippen LogP) is 3.51. The first-order valence-corrected chi connectivity index (χ1v) is 9.62. The van der Waals surface area contributed by atoms with Crippen LogP contribution < -0.4 is 10.6 Å². The second-order valence-corrected chi connectivity index (χ2v) is 6.72. The molecule has 0 bridgehead atoms. The van der Waals surface area contributed by atoms with Gasteiger partial charge in [-0.05, 0) is 52.5 Å². The van der Waals surface area contributed by atoms with Gasteiger partial charge in [0.05, 0.1) is 11.8 Å². The average Bonchev–Trinajstić information content (AvgIpc) is 2.88. The van der Waals surface area contributed by atoms with Gasteiger partial charge in [0, 0.05) is 38.5 Å². The second kappa shape index (κ2) is 14.3. The molecule has 0 aliphatic rings. The van der Waals surface area contributed by atoms with Crippen LogP contribution >= 0.6 is 24.0 Å². The largest absolute Gasteiger partial charge is 0.378 e. The Morgan fingerprint density at radius 1 is 1.27 bits per heavy atom.